The summed E-state index contributed by atoms with van der Waals surface area (Å²) in [6, 6.07) is 4.13. The lowest BCUT2D eigenvalue weighted by Crippen LogP contribution is -2.43. The Morgan fingerprint density at radius 1 is 1.00 bits per heavy atom. The Hall–Kier alpha value is -1.77. The summed E-state index contributed by atoms with van der Waals surface area (Å²) in [7, 11) is 0. The third kappa shape index (κ3) is 3.66. The molecule has 0 spiro atoms. The summed E-state index contributed by atoms with van der Waals surface area (Å²) in [5, 5.41) is 13.7. The molecule has 0 amide bonds. The van der Waals surface area contributed by atoms with Crippen molar-refractivity contribution in [2.24, 2.45) is 0 Å². The summed E-state index contributed by atoms with van der Waals surface area (Å²) in [6.07, 6.45) is 4.90. The Kier molecular flexibility index (Phi) is 4.94. The molecule has 1 unspecified atom stereocenters. The van der Waals surface area contributed by atoms with Crippen LogP contribution in [0.25, 0.3) is 5.65 Å². The minimum absolute atomic E-state index is 0.217. The first-order valence-electron chi connectivity index (χ1n) is 10.3. The maximum Gasteiger partial charge on any atom is 0.178 e. The lowest BCUT2D eigenvalue weighted by atomic mass is 9.96. The van der Waals surface area contributed by atoms with Crippen LogP contribution in [0.4, 0.5) is 5.82 Å². The van der Waals surface area contributed by atoms with Crippen molar-refractivity contribution < 1.29 is 9.47 Å². The molecule has 3 saturated heterocycles. The molecule has 5 rings (SSSR count). The van der Waals surface area contributed by atoms with Crippen LogP contribution >= 0.6 is 0 Å². The Morgan fingerprint density at radius 2 is 1.85 bits per heavy atom. The number of hydrogen-bond acceptors (Lipinski definition) is 7. The van der Waals surface area contributed by atoms with Crippen molar-refractivity contribution in [2.75, 3.05) is 57.4 Å². The zero-order chi connectivity index (χ0) is 18.1. The number of nitrogens with zero attached hydrogens (tertiary/aromatic N) is 6. The van der Waals surface area contributed by atoms with Crippen molar-refractivity contribution in [1.29, 1.82) is 0 Å². The number of aromatic nitrogens is 4. The summed E-state index contributed by atoms with van der Waals surface area (Å²) in [4.78, 5) is 4.85. The number of rotatable bonds is 4. The number of fused-ring (bicyclic) bond motifs is 1. The minimum atomic E-state index is 0.217. The van der Waals surface area contributed by atoms with Crippen molar-refractivity contribution in [1.82, 2.24) is 24.7 Å². The maximum atomic E-state index is 5.79. The molecular weight excluding hydrogens is 344 g/mol. The van der Waals surface area contributed by atoms with E-state index in [1.165, 1.54) is 12.8 Å². The van der Waals surface area contributed by atoms with Gasteiger partial charge < -0.3 is 19.3 Å². The van der Waals surface area contributed by atoms with Crippen molar-refractivity contribution >= 4 is 11.5 Å². The highest BCUT2D eigenvalue weighted by atomic mass is 16.6. The van der Waals surface area contributed by atoms with Gasteiger partial charge in [0, 0.05) is 25.6 Å². The largest absolute Gasteiger partial charge is 0.376 e. The number of hydrogen-bond donors (Lipinski definition) is 0. The topological polar surface area (TPSA) is 68.0 Å². The van der Waals surface area contributed by atoms with Crippen molar-refractivity contribution in [3.8, 4) is 0 Å². The highest BCUT2D eigenvalue weighted by molar-refractivity contribution is 5.46. The number of anilines is 1. The average molecular weight is 372 g/mol. The Morgan fingerprint density at radius 3 is 2.63 bits per heavy atom. The van der Waals surface area contributed by atoms with E-state index in [2.05, 4.69) is 26.1 Å². The van der Waals surface area contributed by atoms with Crippen LogP contribution < -0.4 is 4.90 Å². The molecule has 0 aromatic carbocycles. The van der Waals surface area contributed by atoms with Crippen LogP contribution in [0, 0.1) is 0 Å². The van der Waals surface area contributed by atoms with Gasteiger partial charge in [-0.1, -0.05) is 0 Å². The SMILES string of the molecule is c1cc2nnc(C3CCN(CC4COCCO4)CC3)n2nc1N1CCCC1. The summed E-state index contributed by atoms with van der Waals surface area (Å²) in [5.41, 5.74) is 0.850. The summed E-state index contributed by atoms with van der Waals surface area (Å²) >= 11 is 0. The lowest BCUT2D eigenvalue weighted by molar-refractivity contribution is -0.0988. The second kappa shape index (κ2) is 7.69. The third-order valence-corrected chi connectivity index (χ3v) is 6.00. The van der Waals surface area contributed by atoms with E-state index in [0.717, 1.165) is 82.7 Å². The van der Waals surface area contributed by atoms with Crippen LogP contribution in [0.15, 0.2) is 12.1 Å². The standard InChI is InChI=1S/C19H28N6O2/c1-2-8-24(7-1)18-4-3-17-20-21-19(25(17)22-18)15-5-9-23(10-6-15)13-16-14-26-11-12-27-16/h3-4,15-16H,1-2,5-14H2. The molecule has 2 aromatic rings. The Labute approximate surface area is 159 Å². The summed E-state index contributed by atoms with van der Waals surface area (Å²) in [5.74, 6) is 2.48. The first-order valence-corrected chi connectivity index (χ1v) is 10.3. The van der Waals surface area contributed by atoms with Crippen LogP contribution in [-0.4, -0.2) is 83.4 Å². The maximum absolute atomic E-state index is 5.79. The van der Waals surface area contributed by atoms with Crippen LogP contribution in [0.3, 0.4) is 0 Å². The van der Waals surface area contributed by atoms with Crippen molar-refractivity contribution in [2.45, 2.75) is 37.7 Å². The number of piperidine rings is 1. The second-order valence-corrected chi connectivity index (χ2v) is 7.86. The molecular formula is C19H28N6O2. The van der Waals surface area contributed by atoms with Gasteiger partial charge >= 0.3 is 0 Å². The molecule has 0 saturated carbocycles. The zero-order valence-corrected chi connectivity index (χ0v) is 15.8. The highest BCUT2D eigenvalue weighted by Crippen LogP contribution is 2.28. The molecule has 5 heterocycles. The van der Waals surface area contributed by atoms with Gasteiger partial charge in [0.25, 0.3) is 0 Å². The molecule has 8 heteroatoms. The van der Waals surface area contributed by atoms with E-state index in [4.69, 9.17) is 14.6 Å². The van der Waals surface area contributed by atoms with Gasteiger partial charge in [-0.15, -0.1) is 15.3 Å². The minimum Gasteiger partial charge on any atom is -0.376 e. The molecule has 3 aliphatic rings. The second-order valence-electron chi connectivity index (χ2n) is 7.86. The predicted molar refractivity (Wildman–Crippen MR) is 101 cm³/mol. The van der Waals surface area contributed by atoms with E-state index in [1.54, 1.807) is 0 Å². The molecule has 0 bridgehead atoms. The Bertz CT molecular complexity index is 761. The molecule has 8 nitrogen and oxygen atoms in total. The lowest BCUT2D eigenvalue weighted by Gasteiger charge is -2.34. The fraction of sp³-hybridized carbons (Fsp3) is 0.737. The molecule has 146 valence electrons. The molecule has 0 radical (unpaired) electrons. The highest BCUT2D eigenvalue weighted by Gasteiger charge is 2.27. The first kappa shape index (κ1) is 17.3. The normalized spacial score (nSPS) is 25.5. The van der Waals surface area contributed by atoms with E-state index >= 15 is 0 Å². The number of ether oxygens (including phenoxy) is 2. The van der Waals surface area contributed by atoms with Gasteiger partial charge in [-0.05, 0) is 50.9 Å². The van der Waals surface area contributed by atoms with Gasteiger partial charge in [0.15, 0.2) is 11.5 Å². The van der Waals surface area contributed by atoms with Crippen LogP contribution in [-0.2, 0) is 9.47 Å². The fourth-order valence-corrected chi connectivity index (χ4v) is 4.47. The van der Waals surface area contributed by atoms with Gasteiger partial charge in [0.1, 0.15) is 5.82 Å². The van der Waals surface area contributed by atoms with E-state index < -0.39 is 0 Å². The monoisotopic (exact) mass is 372 g/mol. The average Bonchev–Trinajstić information content (AvgIpc) is 3.39. The van der Waals surface area contributed by atoms with Crippen LogP contribution in [0.1, 0.15) is 37.4 Å². The first-order chi connectivity index (χ1) is 13.4. The van der Waals surface area contributed by atoms with Crippen LogP contribution in [0.5, 0.6) is 0 Å². The van der Waals surface area contributed by atoms with Gasteiger partial charge in [0.05, 0.1) is 25.9 Å². The van der Waals surface area contributed by atoms with Gasteiger partial charge in [-0.2, -0.15) is 4.52 Å². The van der Waals surface area contributed by atoms with E-state index in [0.29, 0.717) is 5.92 Å². The fourth-order valence-electron chi connectivity index (χ4n) is 4.47. The molecule has 3 aliphatic heterocycles. The smallest absolute Gasteiger partial charge is 0.178 e. The molecule has 27 heavy (non-hydrogen) atoms. The number of likely N-dealkylation sites (tertiary alicyclic amines) is 1. The van der Waals surface area contributed by atoms with Crippen molar-refractivity contribution in [3.05, 3.63) is 18.0 Å². The molecule has 3 fully saturated rings. The van der Waals surface area contributed by atoms with Gasteiger partial charge in [-0.3, -0.25) is 0 Å². The quantitative estimate of drug-likeness (QED) is 0.802. The molecule has 0 aliphatic carbocycles. The molecule has 1 atom stereocenters. The summed E-state index contributed by atoms with van der Waals surface area (Å²) in [6.45, 7) is 7.45. The van der Waals surface area contributed by atoms with E-state index in [9.17, 15) is 0 Å². The predicted octanol–water partition coefficient (Wildman–Crippen LogP) is 1.32. The van der Waals surface area contributed by atoms with Crippen molar-refractivity contribution in [3.63, 3.8) is 0 Å². The van der Waals surface area contributed by atoms with E-state index in [-0.39, 0.29) is 6.10 Å². The van der Waals surface area contributed by atoms with E-state index in [1.807, 2.05) is 10.6 Å². The molecule has 0 N–H and O–H groups in total. The van der Waals surface area contributed by atoms with Crippen LogP contribution in [0.2, 0.25) is 0 Å². The molecule has 2 aromatic heterocycles. The van der Waals surface area contributed by atoms with Gasteiger partial charge in [-0.25, -0.2) is 0 Å². The van der Waals surface area contributed by atoms with Gasteiger partial charge in [0.2, 0.25) is 0 Å². The third-order valence-electron chi connectivity index (χ3n) is 6.00. The zero-order valence-electron chi connectivity index (χ0n) is 15.8. The summed E-state index contributed by atoms with van der Waals surface area (Å²) < 4.78 is 13.3. The Balaban J connectivity index is 1.26.